The Kier molecular flexibility index (Phi) is 4.49. The molecule has 1 aliphatic carbocycles. The Labute approximate surface area is 152 Å². The van der Waals surface area contributed by atoms with Gasteiger partial charge in [0.15, 0.2) is 0 Å². The van der Waals surface area contributed by atoms with E-state index in [1.807, 2.05) is 36.1 Å². The molecular weight excluding hydrogens is 334 g/mol. The molecule has 4 rings (SSSR count). The van der Waals surface area contributed by atoms with Gasteiger partial charge in [0.25, 0.3) is 0 Å². The minimum atomic E-state index is -1.13. The van der Waals surface area contributed by atoms with E-state index in [1.54, 1.807) is 0 Å². The quantitative estimate of drug-likeness (QED) is 0.811. The molecule has 4 atom stereocenters. The van der Waals surface area contributed by atoms with Crippen molar-refractivity contribution in [2.75, 3.05) is 6.61 Å². The number of rotatable bonds is 2. The fraction of sp³-hybridized carbons (Fsp3) is 0.650. The number of benzene rings is 1. The molecule has 2 unspecified atom stereocenters. The number of amides is 1. The molecule has 2 aliphatic heterocycles. The molecule has 3 fully saturated rings. The van der Waals surface area contributed by atoms with E-state index in [4.69, 9.17) is 4.74 Å². The van der Waals surface area contributed by atoms with Gasteiger partial charge in [-0.1, -0.05) is 31.0 Å². The molecule has 0 aromatic heterocycles. The molecule has 1 amide bonds. The highest BCUT2D eigenvalue weighted by Gasteiger charge is 2.57. The third kappa shape index (κ3) is 2.85. The van der Waals surface area contributed by atoms with Crippen molar-refractivity contribution in [1.29, 1.82) is 0 Å². The maximum Gasteiger partial charge on any atom is 0.225 e. The summed E-state index contributed by atoms with van der Waals surface area (Å²) in [6, 6.07) is 7.89. The van der Waals surface area contributed by atoms with E-state index in [9.17, 15) is 9.00 Å². The summed E-state index contributed by atoms with van der Waals surface area (Å²) in [6.07, 6.45) is 5.76. The standard InChI is InChI=1S/C20H27NO3S/c1-14-6-8-16(9-7-14)25(23)19-15(2)12-18(22)21-17(19)13-24-20(21)10-4-3-5-11-20/h6-9,15,17,19H,3-5,10-13H2,1-2H3/t15-,17-,19?,25?/m0/s1. The second-order valence-electron chi connectivity index (χ2n) is 7.91. The van der Waals surface area contributed by atoms with E-state index in [0.29, 0.717) is 13.0 Å². The molecule has 0 N–H and O–H groups in total. The SMILES string of the molecule is Cc1ccc(S(=O)C2[C@@H](C)CC(=O)N3[C@H]2COC32CCCCC2)cc1. The maximum atomic E-state index is 13.4. The summed E-state index contributed by atoms with van der Waals surface area (Å²) in [5.74, 6) is 0.298. The maximum absolute atomic E-state index is 13.4. The largest absolute Gasteiger partial charge is 0.353 e. The third-order valence-corrected chi connectivity index (χ3v) is 8.14. The van der Waals surface area contributed by atoms with Gasteiger partial charge < -0.3 is 9.64 Å². The van der Waals surface area contributed by atoms with Crippen molar-refractivity contribution < 1.29 is 13.7 Å². The van der Waals surface area contributed by atoms with Crippen molar-refractivity contribution in [3.63, 3.8) is 0 Å². The first-order valence-electron chi connectivity index (χ1n) is 9.45. The highest BCUT2D eigenvalue weighted by atomic mass is 32.2. The first-order valence-corrected chi connectivity index (χ1v) is 10.7. The molecule has 1 aromatic carbocycles. The molecule has 2 saturated heterocycles. The highest BCUT2D eigenvalue weighted by molar-refractivity contribution is 7.85. The lowest BCUT2D eigenvalue weighted by Gasteiger charge is -2.47. The van der Waals surface area contributed by atoms with Gasteiger partial charge in [0.05, 0.1) is 28.7 Å². The number of hydrogen-bond acceptors (Lipinski definition) is 3. The van der Waals surface area contributed by atoms with Gasteiger partial charge >= 0.3 is 0 Å². The second-order valence-corrected chi connectivity index (χ2v) is 9.52. The number of aryl methyl sites for hydroxylation is 1. The zero-order valence-corrected chi connectivity index (χ0v) is 15.9. The molecule has 1 aromatic rings. The van der Waals surface area contributed by atoms with Crippen molar-refractivity contribution in [1.82, 2.24) is 4.90 Å². The zero-order valence-electron chi connectivity index (χ0n) is 15.1. The molecule has 136 valence electrons. The van der Waals surface area contributed by atoms with Gasteiger partial charge in [-0.15, -0.1) is 0 Å². The van der Waals surface area contributed by atoms with Gasteiger partial charge in [0.1, 0.15) is 5.72 Å². The Morgan fingerprint density at radius 3 is 2.52 bits per heavy atom. The van der Waals surface area contributed by atoms with Crippen LogP contribution in [0, 0.1) is 12.8 Å². The Hall–Kier alpha value is -1.20. The number of fused-ring (bicyclic) bond motifs is 2. The topological polar surface area (TPSA) is 46.6 Å². The number of carbonyl (C=O) groups is 1. The smallest absolute Gasteiger partial charge is 0.225 e. The van der Waals surface area contributed by atoms with Crippen molar-refractivity contribution in [2.24, 2.45) is 5.92 Å². The lowest BCUT2D eigenvalue weighted by atomic mass is 9.86. The average Bonchev–Trinajstić information content (AvgIpc) is 2.95. The van der Waals surface area contributed by atoms with E-state index in [2.05, 4.69) is 6.92 Å². The van der Waals surface area contributed by atoms with E-state index < -0.39 is 16.5 Å². The summed E-state index contributed by atoms with van der Waals surface area (Å²) in [5, 5.41) is -0.0540. The number of ether oxygens (including phenoxy) is 1. The number of piperidine rings is 1. The first-order chi connectivity index (χ1) is 12.0. The zero-order chi connectivity index (χ0) is 17.6. The molecule has 4 nitrogen and oxygen atoms in total. The van der Waals surface area contributed by atoms with E-state index in [0.717, 1.165) is 30.6 Å². The third-order valence-electron chi connectivity index (χ3n) is 6.13. The van der Waals surface area contributed by atoms with Crippen LogP contribution in [0.15, 0.2) is 29.2 Å². The molecule has 0 radical (unpaired) electrons. The number of nitrogens with zero attached hydrogens (tertiary/aromatic N) is 1. The molecule has 0 bridgehead atoms. The van der Waals surface area contributed by atoms with Crippen molar-refractivity contribution in [3.05, 3.63) is 29.8 Å². The predicted octanol–water partition coefficient (Wildman–Crippen LogP) is 3.40. The van der Waals surface area contributed by atoms with Gasteiger partial charge in [-0.2, -0.15) is 0 Å². The van der Waals surface area contributed by atoms with Crippen molar-refractivity contribution >= 4 is 16.7 Å². The minimum Gasteiger partial charge on any atom is -0.353 e. The lowest BCUT2D eigenvalue weighted by molar-refractivity contribution is -0.161. The van der Waals surface area contributed by atoms with Crippen LogP contribution in [0.25, 0.3) is 0 Å². The van der Waals surface area contributed by atoms with Crippen LogP contribution >= 0.6 is 0 Å². The first kappa shape index (κ1) is 17.2. The van der Waals surface area contributed by atoms with Crippen LogP contribution in [0.2, 0.25) is 0 Å². The Bertz CT molecular complexity index is 681. The Morgan fingerprint density at radius 1 is 1.16 bits per heavy atom. The van der Waals surface area contributed by atoms with Crippen LogP contribution in [0.1, 0.15) is 51.0 Å². The summed E-state index contributed by atoms with van der Waals surface area (Å²) >= 11 is 0. The Balaban J connectivity index is 1.65. The number of carbonyl (C=O) groups excluding carboxylic acids is 1. The van der Waals surface area contributed by atoms with Crippen LogP contribution in [0.5, 0.6) is 0 Å². The summed E-state index contributed by atoms with van der Waals surface area (Å²) in [7, 11) is -1.13. The Morgan fingerprint density at radius 2 is 1.84 bits per heavy atom. The molecule has 1 saturated carbocycles. The minimum absolute atomic E-state index is 0.0540. The van der Waals surface area contributed by atoms with Gasteiger partial charge in [-0.25, -0.2) is 0 Å². The molecule has 1 spiro atoms. The van der Waals surface area contributed by atoms with Crippen LogP contribution in [-0.4, -0.2) is 38.6 Å². The summed E-state index contributed by atoms with van der Waals surface area (Å²) in [4.78, 5) is 15.7. The van der Waals surface area contributed by atoms with Crippen molar-refractivity contribution in [2.45, 2.75) is 74.3 Å². The van der Waals surface area contributed by atoms with E-state index >= 15 is 0 Å². The highest BCUT2D eigenvalue weighted by Crippen LogP contribution is 2.46. The van der Waals surface area contributed by atoms with Gasteiger partial charge in [-0.3, -0.25) is 9.00 Å². The van der Waals surface area contributed by atoms with Gasteiger partial charge in [0.2, 0.25) is 5.91 Å². The summed E-state index contributed by atoms with van der Waals surface area (Å²) in [6.45, 7) is 4.63. The van der Waals surface area contributed by atoms with E-state index in [-0.39, 0.29) is 23.1 Å². The lowest BCUT2D eigenvalue weighted by Crippen LogP contribution is -2.60. The van der Waals surface area contributed by atoms with Crippen LogP contribution in [0.3, 0.4) is 0 Å². The predicted molar refractivity (Wildman–Crippen MR) is 97.6 cm³/mol. The van der Waals surface area contributed by atoms with Crippen LogP contribution in [-0.2, 0) is 20.3 Å². The summed E-state index contributed by atoms with van der Waals surface area (Å²) < 4.78 is 19.6. The fourth-order valence-corrected chi connectivity index (χ4v) is 6.61. The molecule has 3 aliphatic rings. The van der Waals surface area contributed by atoms with E-state index in [1.165, 1.54) is 12.0 Å². The molecule has 5 heteroatoms. The monoisotopic (exact) mass is 361 g/mol. The fourth-order valence-electron chi connectivity index (χ4n) is 4.88. The average molecular weight is 362 g/mol. The van der Waals surface area contributed by atoms with Gasteiger partial charge in [-0.05, 0) is 50.7 Å². The summed E-state index contributed by atoms with van der Waals surface area (Å²) in [5.41, 5.74) is 0.746. The van der Waals surface area contributed by atoms with Gasteiger partial charge in [0, 0.05) is 11.3 Å². The van der Waals surface area contributed by atoms with Crippen molar-refractivity contribution in [3.8, 4) is 0 Å². The number of hydrogen-bond donors (Lipinski definition) is 0. The normalized spacial score (nSPS) is 32.6. The second kappa shape index (κ2) is 6.51. The molecule has 25 heavy (non-hydrogen) atoms. The molecule has 2 heterocycles. The molecular formula is C20H27NO3S. The van der Waals surface area contributed by atoms with Crippen LogP contribution in [0.4, 0.5) is 0 Å². The van der Waals surface area contributed by atoms with Crippen LogP contribution < -0.4 is 0 Å².